The van der Waals surface area contributed by atoms with Crippen LogP contribution in [0.2, 0.25) is 0 Å². The van der Waals surface area contributed by atoms with Crippen molar-refractivity contribution in [2.75, 3.05) is 0 Å². The molecule has 1 aromatic rings. The van der Waals surface area contributed by atoms with Crippen LogP contribution in [-0.2, 0) is 0 Å². The molecule has 0 saturated heterocycles. The number of carbonyl (C=O) groups is 1. The maximum absolute atomic E-state index is 10.5. The summed E-state index contributed by atoms with van der Waals surface area (Å²) < 4.78 is 0.957. The summed E-state index contributed by atoms with van der Waals surface area (Å²) >= 11 is 6.13. The Hall–Kier alpha value is -0.0175. The molecule has 0 spiro atoms. The van der Waals surface area contributed by atoms with E-state index in [9.17, 15) is 9.90 Å². The first-order valence-corrected chi connectivity index (χ1v) is 4.52. The van der Waals surface area contributed by atoms with Crippen LogP contribution in [0, 0.1) is 0 Å². The highest BCUT2D eigenvalue weighted by Gasteiger charge is 2.12. The molecule has 0 aliphatic heterocycles. The fourth-order valence-corrected chi connectivity index (χ4v) is 1.95. The van der Waals surface area contributed by atoms with Crippen LogP contribution in [0.5, 0.6) is 5.75 Å². The number of carboxylic acids is 1. The van der Waals surface area contributed by atoms with E-state index in [1.165, 1.54) is 6.07 Å². The number of halogens is 2. The Morgan fingerprint density at radius 2 is 1.85 bits per heavy atom. The molecule has 0 aliphatic carbocycles. The lowest BCUT2D eigenvalue weighted by Gasteiger charge is -2.02. The van der Waals surface area contributed by atoms with Gasteiger partial charge in [-0.2, -0.15) is 0 Å². The lowest BCUT2D eigenvalue weighted by molar-refractivity contribution is 0.0693. The van der Waals surface area contributed by atoms with Crippen LogP contribution in [0.1, 0.15) is 10.4 Å². The van der Waals surface area contributed by atoms with Gasteiger partial charge in [-0.15, -0.1) is 0 Å². The van der Waals surface area contributed by atoms with E-state index in [1.54, 1.807) is 6.07 Å². The second-order valence-corrected chi connectivity index (χ2v) is 3.86. The number of phenols is 1. The summed E-state index contributed by atoms with van der Waals surface area (Å²) in [6, 6.07) is 2.91. The van der Waals surface area contributed by atoms with Crippen molar-refractivity contribution in [3.8, 4) is 5.75 Å². The zero-order chi connectivity index (χ0) is 9.30. The van der Waals surface area contributed by atoms with Gasteiger partial charge in [-0.25, -0.2) is 4.79 Å². The fourth-order valence-electron chi connectivity index (χ4n) is 0.729. The fraction of sp³-hybridized carbons (Fsp3) is 0. The molecule has 0 aliphatic rings. The van der Waals surface area contributed by atoms with Gasteiger partial charge in [-0.05, 0) is 28.1 Å². The third-order valence-electron chi connectivity index (χ3n) is 1.26. The predicted octanol–water partition coefficient (Wildman–Crippen LogP) is 2.23. The predicted molar refractivity (Wildman–Crippen MR) is 56.2 cm³/mol. The molecule has 0 heterocycles. The molecule has 2 N–H and O–H groups in total. The van der Waals surface area contributed by atoms with Crippen molar-refractivity contribution in [3.63, 3.8) is 0 Å². The molecule has 0 amide bonds. The largest absolute Gasteiger partial charge is 0.506 e. The molecule has 67 valence electrons. The van der Waals surface area contributed by atoms with Crippen molar-refractivity contribution in [1.29, 1.82) is 0 Å². The van der Waals surface area contributed by atoms with Gasteiger partial charge in [0.15, 0.2) is 0 Å². The Morgan fingerprint density at radius 1 is 1.31 bits per heavy atom. The van der Waals surface area contributed by atoms with Crippen molar-refractivity contribution in [2.24, 2.45) is 0 Å². The van der Waals surface area contributed by atoms with Gasteiger partial charge in [0.2, 0.25) is 0 Å². The van der Waals surface area contributed by atoms with Crippen LogP contribution in [0.15, 0.2) is 21.1 Å². The van der Waals surface area contributed by atoms with E-state index >= 15 is 0 Å². The molecule has 13 heavy (non-hydrogen) atoms. The van der Waals surface area contributed by atoms with E-state index in [1.807, 2.05) is 0 Å². The Labute approximate surface area is 102 Å². The standard InChI is InChI=1S/C7H4Br2O3.Al/c8-3-1-4(7(11)12)6(10)5(9)2-3;/h1-2,10H,(H,11,12);. The third kappa shape index (κ3) is 2.99. The molecular formula is C7H4AlBr2O3. The minimum atomic E-state index is -1.16. The SMILES string of the molecule is O=C(O)c1cc(Br)cc(Br)c1O.[Al]. The van der Waals surface area contributed by atoms with E-state index in [4.69, 9.17) is 5.11 Å². The molecule has 6 heteroatoms. The van der Waals surface area contributed by atoms with Gasteiger partial charge >= 0.3 is 5.97 Å². The number of aromatic carboxylic acids is 1. The average Bonchev–Trinajstić information content (AvgIpc) is 1.96. The second kappa shape index (κ2) is 5.01. The van der Waals surface area contributed by atoms with Crippen molar-refractivity contribution in [3.05, 3.63) is 26.6 Å². The van der Waals surface area contributed by atoms with Crippen molar-refractivity contribution in [1.82, 2.24) is 0 Å². The van der Waals surface area contributed by atoms with Crippen LogP contribution in [0.3, 0.4) is 0 Å². The van der Waals surface area contributed by atoms with Gasteiger partial charge in [0.1, 0.15) is 11.3 Å². The third-order valence-corrected chi connectivity index (χ3v) is 2.32. The van der Waals surface area contributed by atoms with Gasteiger partial charge in [-0.1, -0.05) is 15.9 Å². The summed E-state index contributed by atoms with van der Waals surface area (Å²) in [5.74, 6) is -1.42. The normalized spacial score (nSPS) is 9.08. The summed E-state index contributed by atoms with van der Waals surface area (Å²) in [5.41, 5.74) is -0.128. The Kier molecular flexibility index (Phi) is 5.00. The first-order chi connectivity index (χ1) is 5.52. The molecular weight excluding hydrogens is 319 g/mol. The molecule has 3 nitrogen and oxygen atoms in total. The number of rotatable bonds is 1. The number of hydrogen-bond acceptors (Lipinski definition) is 2. The molecule has 0 saturated carbocycles. The molecule has 1 aromatic carbocycles. The lowest BCUT2D eigenvalue weighted by atomic mass is 10.2. The van der Waals surface area contributed by atoms with E-state index in [2.05, 4.69) is 31.9 Å². The smallest absolute Gasteiger partial charge is 0.339 e. The highest BCUT2D eigenvalue weighted by Crippen LogP contribution is 2.31. The highest BCUT2D eigenvalue weighted by atomic mass is 79.9. The summed E-state index contributed by atoms with van der Waals surface area (Å²) in [4.78, 5) is 10.5. The molecule has 0 unspecified atom stereocenters. The topological polar surface area (TPSA) is 57.5 Å². The van der Waals surface area contributed by atoms with Crippen LogP contribution < -0.4 is 0 Å². The van der Waals surface area contributed by atoms with Gasteiger partial charge in [0.25, 0.3) is 0 Å². The maximum atomic E-state index is 10.5. The molecule has 3 radical (unpaired) electrons. The number of hydrogen-bond donors (Lipinski definition) is 2. The van der Waals surface area contributed by atoms with Gasteiger partial charge in [0.05, 0.1) is 4.47 Å². The molecule has 0 atom stereocenters. The summed E-state index contributed by atoms with van der Waals surface area (Å²) in [6.45, 7) is 0. The number of aromatic hydroxyl groups is 1. The van der Waals surface area contributed by atoms with Crippen LogP contribution in [0.25, 0.3) is 0 Å². The first-order valence-electron chi connectivity index (χ1n) is 2.93. The van der Waals surface area contributed by atoms with E-state index in [-0.39, 0.29) is 28.7 Å². The number of benzene rings is 1. The Balaban J connectivity index is 0.00000144. The zero-order valence-corrected chi connectivity index (χ0v) is 10.6. The monoisotopic (exact) mass is 321 g/mol. The highest BCUT2D eigenvalue weighted by molar-refractivity contribution is 9.11. The molecule has 0 fully saturated rings. The lowest BCUT2D eigenvalue weighted by Crippen LogP contribution is -1.96. The van der Waals surface area contributed by atoms with E-state index < -0.39 is 5.97 Å². The van der Waals surface area contributed by atoms with Gasteiger partial charge < -0.3 is 10.2 Å². The van der Waals surface area contributed by atoms with Gasteiger partial charge in [-0.3, -0.25) is 0 Å². The van der Waals surface area contributed by atoms with Crippen molar-refractivity contribution >= 4 is 55.2 Å². The van der Waals surface area contributed by atoms with Crippen LogP contribution in [0.4, 0.5) is 0 Å². The minimum absolute atomic E-state index is 0. The maximum Gasteiger partial charge on any atom is 0.339 e. The van der Waals surface area contributed by atoms with Crippen molar-refractivity contribution < 1.29 is 15.0 Å². The molecule has 1 rings (SSSR count). The summed E-state index contributed by atoms with van der Waals surface area (Å²) in [6.07, 6.45) is 0. The quantitative estimate of drug-likeness (QED) is 0.780. The van der Waals surface area contributed by atoms with Gasteiger partial charge in [0, 0.05) is 21.8 Å². The Bertz CT molecular complexity index is 341. The number of carboxylic acid groups (broad SMARTS) is 1. The second-order valence-electron chi connectivity index (χ2n) is 2.09. The van der Waals surface area contributed by atoms with Crippen LogP contribution >= 0.6 is 31.9 Å². The zero-order valence-electron chi connectivity index (χ0n) is 6.29. The summed E-state index contributed by atoms with van der Waals surface area (Å²) in [5, 5.41) is 17.9. The molecule has 0 aromatic heterocycles. The van der Waals surface area contributed by atoms with E-state index in [0.717, 1.165) is 0 Å². The van der Waals surface area contributed by atoms with Crippen LogP contribution in [-0.4, -0.2) is 33.5 Å². The average molecular weight is 323 g/mol. The molecule has 0 bridgehead atoms. The first kappa shape index (κ1) is 13.0. The minimum Gasteiger partial charge on any atom is -0.506 e. The Morgan fingerprint density at radius 3 is 2.31 bits per heavy atom. The van der Waals surface area contributed by atoms with E-state index in [0.29, 0.717) is 8.95 Å². The van der Waals surface area contributed by atoms with Crippen molar-refractivity contribution in [2.45, 2.75) is 0 Å². The summed E-state index contributed by atoms with van der Waals surface area (Å²) in [7, 11) is 0.